The molecule has 1 aromatic rings. The minimum absolute atomic E-state index is 0.202. The Morgan fingerprint density at radius 3 is 2.88 bits per heavy atom. The summed E-state index contributed by atoms with van der Waals surface area (Å²) in [6, 6.07) is 5.21. The minimum Gasteiger partial charge on any atom is -0.355 e. The zero-order valence-electron chi connectivity index (χ0n) is 8.77. The second-order valence-corrected chi connectivity index (χ2v) is 5.05. The lowest BCUT2D eigenvalue weighted by Crippen LogP contribution is -2.27. The molecule has 1 atom stereocenters. The summed E-state index contributed by atoms with van der Waals surface area (Å²) in [5.74, 6) is -0.202. The first-order valence-corrected chi connectivity index (χ1v) is 6.53. The van der Waals surface area contributed by atoms with Crippen molar-refractivity contribution < 1.29 is 4.79 Å². The minimum atomic E-state index is -0.723. The van der Waals surface area contributed by atoms with Crippen molar-refractivity contribution in [2.45, 2.75) is 18.7 Å². The molecule has 0 fully saturated rings. The van der Waals surface area contributed by atoms with Gasteiger partial charge < -0.3 is 5.32 Å². The predicted octanol–water partition coefficient (Wildman–Crippen LogP) is 3.91. The van der Waals surface area contributed by atoms with E-state index in [4.69, 9.17) is 23.2 Å². The number of hydrogen-bond donors (Lipinski definition) is 1. The highest BCUT2D eigenvalue weighted by Gasteiger charge is 2.19. The molecule has 1 unspecified atom stereocenters. The highest BCUT2D eigenvalue weighted by molar-refractivity contribution is 9.10. The molecule has 0 heterocycles. The van der Waals surface area contributed by atoms with Gasteiger partial charge in [0.1, 0.15) is 5.38 Å². The van der Waals surface area contributed by atoms with E-state index in [-0.39, 0.29) is 5.91 Å². The summed E-state index contributed by atoms with van der Waals surface area (Å²) in [6.45, 7) is 2.61. The molecule has 0 radical (unpaired) electrons. The van der Waals surface area contributed by atoms with Crippen LogP contribution in [0.2, 0.25) is 5.02 Å². The van der Waals surface area contributed by atoms with E-state index in [0.717, 1.165) is 10.9 Å². The van der Waals surface area contributed by atoms with E-state index in [1.54, 1.807) is 18.2 Å². The van der Waals surface area contributed by atoms with Crippen LogP contribution in [0, 0.1) is 0 Å². The van der Waals surface area contributed by atoms with Crippen LogP contribution in [-0.4, -0.2) is 12.5 Å². The maximum atomic E-state index is 11.7. The number of carbonyl (C=O) groups excluding carboxylic acids is 1. The molecular formula is C11H12BrCl2NO. The van der Waals surface area contributed by atoms with Crippen LogP contribution >= 0.6 is 39.1 Å². The molecule has 0 spiro atoms. The van der Waals surface area contributed by atoms with Gasteiger partial charge in [0.2, 0.25) is 5.91 Å². The van der Waals surface area contributed by atoms with Crippen molar-refractivity contribution in [3.05, 3.63) is 33.3 Å². The normalized spacial score (nSPS) is 12.2. The first-order valence-electron chi connectivity index (χ1n) is 4.93. The molecule has 1 rings (SSSR count). The molecule has 0 saturated carbocycles. The maximum absolute atomic E-state index is 11.7. The fraction of sp³-hybridized carbons (Fsp3) is 0.364. The molecule has 1 amide bonds. The highest BCUT2D eigenvalue weighted by atomic mass is 79.9. The van der Waals surface area contributed by atoms with Crippen molar-refractivity contribution in [1.29, 1.82) is 0 Å². The van der Waals surface area contributed by atoms with Crippen LogP contribution in [-0.2, 0) is 4.79 Å². The smallest absolute Gasteiger partial charge is 0.242 e. The summed E-state index contributed by atoms with van der Waals surface area (Å²) in [5, 5.41) is 2.58. The Balaban J connectivity index is 2.82. The molecule has 88 valence electrons. The molecule has 16 heavy (non-hydrogen) atoms. The van der Waals surface area contributed by atoms with Crippen molar-refractivity contribution in [2.75, 3.05) is 6.54 Å². The van der Waals surface area contributed by atoms with E-state index in [2.05, 4.69) is 21.2 Å². The molecule has 1 aromatic carbocycles. The second-order valence-electron chi connectivity index (χ2n) is 3.32. The Bertz CT molecular complexity index is 384. The molecule has 0 saturated heterocycles. The standard InChI is InChI=1S/C11H12BrCl2NO/c1-2-5-15-11(16)10(14)8-6-7(13)3-4-9(8)12/h3-4,6,10H,2,5H2,1H3,(H,15,16). The fourth-order valence-electron chi connectivity index (χ4n) is 1.19. The molecule has 5 heteroatoms. The highest BCUT2D eigenvalue weighted by Crippen LogP contribution is 2.30. The third-order valence-electron chi connectivity index (χ3n) is 2.01. The SMILES string of the molecule is CCCNC(=O)C(Cl)c1cc(Cl)ccc1Br. The van der Waals surface area contributed by atoms with Gasteiger partial charge in [-0.25, -0.2) is 0 Å². The monoisotopic (exact) mass is 323 g/mol. The van der Waals surface area contributed by atoms with E-state index in [1.165, 1.54) is 0 Å². The summed E-state index contributed by atoms with van der Waals surface area (Å²) in [5.41, 5.74) is 0.683. The van der Waals surface area contributed by atoms with Gasteiger partial charge in [0.05, 0.1) is 0 Å². The molecule has 1 N–H and O–H groups in total. The largest absolute Gasteiger partial charge is 0.355 e. The van der Waals surface area contributed by atoms with Gasteiger partial charge in [-0.3, -0.25) is 4.79 Å². The summed E-state index contributed by atoms with van der Waals surface area (Å²) in [4.78, 5) is 11.7. The first kappa shape index (κ1) is 13.8. The van der Waals surface area contributed by atoms with Crippen LogP contribution in [0.4, 0.5) is 0 Å². The van der Waals surface area contributed by atoms with Gasteiger partial charge in [-0.15, -0.1) is 11.6 Å². The Morgan fingerprint density at radius 1 is 1.56 bits per heavy atom. The lowest BCUT2D eigenvalue weighted by atomic mass is 10.1. The van der Waals surface area contributed by atoms with Crippen LogP contribution in [0.15, 0.2) is 22.7 Å². The third-order valence-corrected chi connectivity index (χ3v) is 3.40. The van der Waals surface area contributed by atoms with Crippen molar-refractivity contribution in [1.82, 2.24) is 5.32 Å². The van der Waals surface area contributed by atoms with Crippen LogP contribution in [0.25, 0.3) is 0 Å². The molecule has 0 bridgehead atoms. The number of alkyl halides is 1. The lowest BCUT2D eigenvalue weighted by Gasteiger charge is -2.12. The summed E-state index contributed by atoms with van der Waals surface area (Å²) in [7, 11) is 0. The van der Waals surface area contributed by atoms with E-state index in [0.29, 0.717) is 17.1 Å². The molecule has 0 aliphatic rings. The number of halogens is 3. The molecule has 0 aliphatic carbocycles. The van der Waals surface area contributed by atoms with E-state index < -0.39 is 5.38 Å². The fourth-order valence-corrected chi connectivity index (χ4v) is 2.23. The Labute approximate surface area is 113 Å². The maximum Gasteiger partial charge on any atom is 0.242 e. The van der Waals surface area contributed by atoms with E-state index in [9.17, 15) is 4.79 Å². The van der Waals surface area contributed by atoms with Gasteiger partial charge in [0.15, 0.2) is 0 Å². The van der Waals surface area contributed by atoms with Crippen LogP contribution in [0.1, 0.15) is 24.3 Å². The van der Waals surface area contributed by atoms with Gasteiger partial charge in [0.25, 0.3) is 0 Å². The molecular weight excluding hydrogens is 313 g/mol. The van der Waals surface area contributed by atoms with Gasteiger partial charge in [-0.05, 0) is 30.2 Å². The number of amides is 1. The zero-order chi connectivity index (χ0) is 12.1. The molecule has 2 nitrogen and oxygen atoms in total. The Kier molecular flexibility index (Phi) is 5.59. The number of nitrogens with one attached hydrogen (secondary N) is 1. The Morgan fingerprint density at radius 2 is 2.25 bits per heavy atom. The zero-order valence-corrected chi connectivity index (χ0v) is 11.9. The van der Waals surface area contributed by atoms with Crippen molar-refractivity contribution in [3.8, 4) is 0 Å². The first-order chi connectivity index (χ1) is 7.56. The third kappa shape index (κ3) is 3.65. The lowest BCUT2D eigenvalue weighted by molar-refractivity contribution is -0.120. The average Bonchev–Trinajstić information content (AvgIpc) is 2.28. The number of carbonyl (C=O) groups is 1. The number of benzene rings is 1. The van der Waals surface area contributed by atoms with Gasteiger partial charge in [0, 0.05) is 16.0 Å². The topological polar surface area (TPSA) is 29.1 Å². The number of hydrogen-bond acceptors (Lipinski definition) is 1. The van der Waals surface area contributed by atoms with Crippen LogP contribution in [0.3, 0.4) is 0 Å². The van der Waals surface area contributed by atoms with E-state index in [1.807, 2.05) is 6.92 Å². The summed E-state index contributed by atoms with van der Waals surface area (Å²) in [6.07, 6.45) is 0.881. The van der Waals surface area contributed by atoms with Gasteiger partial charge in [-0.1, -0.05) is 34.5 Å². The van der Waals surface area contributed by atoms with Crippen LogP contribution in [0.5, 0.6) is 0 Å². The predicted molar refractivity (Wildman–Crippen MR) is 71.0 cm³/mol. The van der Waals surface area contributed by atoms with E-state index >= 15 is 0 Å². The molecule has 0 aliphatic heterocycles. The number of rotatable bonds is 4. The van der Waals surface area contributed by atoms with Crippen molar-refractivity contribution >= 4 is 45.0 Å². The summed E-state index contributed by atoms with van der Waals surface area (Å²) >= 11 is 15.3. The quantitative estimate of drug-likeness (QED) is 0.836. The van der Waals surface area contributed by atoms with Crippen molar-refractivity contribution in [2.24, 2.45) is 0 Å². The summed E-state index contributed by atoms with van der Waals surface area (Å²) < 4.78 is 0.781. The average molecular weight is 325 g/mol. The van der Waals surface area contributed by atoms with Crippen LogP contribution < -0.4 is 5.32 Å². The van der Waals surface area contributed by atoms with Crippen molar-refractivity contribution in [3.63, 3.8) is 0 Å². The molecule has 0 aromatic heterocycles. The Hall–Kier alpha value is -0.250. The van der Waals surface area contributed by atoms with Gasteiger partial charge >= 0.3 is 0 Å². The second kappa shape index (κ2) is 6.48. The van der Waals surface area contributed by atoms with Gasteiger partial charge in [-0.2, -0.15) is 0 Å².